The molecule has 1 heterocycles. The number of nitrogens with two attached hydrogens (primary N) is 1. The number of benzene rings is 2. The Morgan fingerprint density at radius 2 is 1.86 bits per heavy atom. The van der Waals surface area contributed by atoms with E-state index in [1.807, 2.05) is 25.1 Å². The van der Waals surface area contributed by atoms with Crippen LogP contribution in [0.3, 0.4) is 0 Å². The maximum atomic E-state index is 11.2. The lowest BCUT2D eigenvalue weighted by molar-refractivity contribution is 0.598. The number of primary sulfonamides is 1. The van der Waals surface area contributed by atoms with Crippen molar-refractivity contribution < 1.29 is 8.42 Å². The number of sulfonamides is 1. The number of rotatable bonds is 3. The summed E-state index contributed by atoms with van der Waals surface area (Å²) in [4.78, 5) is 4.63. The van der Waals surface area contributed by atoms with Gasteiger partial charge in [0.05, 0.1) is 15.1 Å². The monoisotopic (exact) mass is 319 g/mol. The lowest BCUT2D eigenvalue weighted by Crippen LogP contribution is -2.11. The van der Waals surface area contributed by atoms with Crippen molar-refractivity contribution in [1.82, 2.24) is 4.98 Å². The molecule has 0 amide bonds. The van der Waals surface area contributed by atoms with Crippen LogP contribution in [0.2, 0.25) is 0 Å². The van der Waals surface area contributed by atoms with Gasteiger partial charge in [-0.3, -0.25) is 0 Å². The topological polar surface area (TPSA) is 85.1 Å². The standard InChI is InChI=1S/C14H13N3O2S2/c1-9-3-2-4-12-13(9)17-14(20-12)16-10-5-7-11(8-6-10)21(15,18)19/h2-8H,1H3,(H,16,17)(H2,15,18,19). The van der Waals surface area contributed by atoms with Crippen molar-refractivity contribution in [3.8, 4) is 0 Å². The summed E-state index contributed by atoms with van der Waals surface area (Å²) < 4.78 is 23.5. The zero-order valence-corrected chi connectivity index (χ0v) is 12.8. The summed E-state index contributed by atoms with van der Waals surface area (Å²) in [7, 11) is -3.66. The zero-order chi connectivity index (χ0) is 15.0. The van der Waals surface area contributed by atoms with Gasteiger partial charge in [0.1, 0.15) is 0 Å². The van der Waals surface area contributed by atoms with Crippen molar-refractivity contribution in [2.75, 3.05) is 5.32 Å². The lowest BCUT2D eigenvalue weighted by Gasteiger charge is -2.03. The van der Waals surface area contributed by atoms with E-state index in [-0.39, 0.29) is 4.90 Å². The van der Waals surface area contributed by atoms with Crippen LogP contribution in [0.1, 0.15) is 5.56 Å². The van der Waals surface area contributed by atoms with E-state index in [1.165, 1.54) is 12.1 Å². The van der Waals surface area contributed by atoms with E-state index >= 15 is 0 Å². The highest BCUT2D eigenvalue weighted by molar-refractivity contribution is 7.89. The number of para-hydroxylation sites is 1. The van der Waals surface area contributed by atoms with E-state index < -0.39 is 10.0 Å². The number of hydrogen-bond donors (Lipinski definition) is 2. The molecule has 0 fully saturated rings. The molecule has 3 rings (SSSR count). The van der Waals surface area contributed by atoms with Crippen molar-refractivity contribution >= 4 is 42.4 Å². The largest absolute Gasteiger partial charge is 0.332 e. The van der Waals surface area contributed by atoms with Crippen LogP contribution in [-0.2, 0) is 10.0 Å². The highest BCUT2D eigenvalue weighted by atomic mass is 32.2. The fourth-order valence-electron chi connectivity index (χ4n) is 1.99. The van der Waals surface area contributed by atoms with Crippen molar-refractivity contribution in [3.05, 3.63) is 48.0 Å². The van der Waals surface area contributed by atoms with E-state index in [2.05, 4.69) is 10.3 Å². The second-order valence-corrected chi connectivity index (χ2v) is 7.23. The average Bonchev–Trinajstić information content (AvgIpc) is 2.82. The van der Waals surface area contributed by atoms with Gasteiger partial charge in [0, 0.05) is 5.69 Å². The van der Waals surface area contributed by atoms with Gasteiger partial charge in [-0.2, -0.15) is 0 Å². The third-order valence-electron chi connectivity index (χ3n) is 3.05. The van der Waals surface area contributed by atoms with Crippen molar-refractivity contribution in [3.63, 3.8) is 0 Å². The molecule has 2 aromatic carbocycles. The quantitative estimate of drug-likeness (QED) is 0.777. The highest BCUT2D eigenvalue weighted by Crippen LogP contribution is 2.30. The van der Waals surface area contributed by atoms with Crippen LogP contribution in [-0.4, -0.2) is 13.4 Å². The first-order valence-electron chi connectivity index (χ1n) is 6.19. The van der Waals surface area contributed by atoms with Crippen LogP contribution in [0.4, 0.5) is 10.8 Å². The summed E-state index contributed by atoms with van der Waals surface area (Å²) in [6.45, 7) is 2.02. The maximum absolute atomic E-state index is 11.2. The summed E-state index contributed by atoms with van der Waals surface area (Å²) in [5, 5.41) is 9.01. The smallest absolute Gasteiger partial charge is 0.238 e. The Balaban J connectivity index is 1.90. The third kappa shape index (κ3) is 2.90. The third-order valence-corrected chi connectivity index (χ3v) is 4.92. The first-order chi connectivity index (χ1) is 9.93. The molecule has 0 aliphatic rings. The van der Waals surface area contributed by atoms with Crippen LogP contribution in [0, 0.1) is 6.92 Å². The summed E-state index contributed by atoms with van der Waals surface area (Å²) in [6, 6.07) is 12.3. The van der Waals surface area contributed by atoms with Crippen LogP contribution < -0.4 is 10.5 Å². The number of thiazole rings is 1. The van der Waals surface area contributed by atoms with E-state index in [9.17, 15) is 8.42 Å². The van der Waals surface area contributed by atoms with Crippen molar-refractivity contribution in [2.24, 2.45) is 5.14 Å². The number of aromatic nitrogens is 1. The van der Waals surface area contributed by atoms with Gasteiger partial charge >= 0.3 is 0 Å². The number of aryl methyl sites for hydroxylation is 1. The van der Waals surface area contributed by atoms with Crippen LogP contribution in [0.5, 0.6) is 0 Å². The molecule has 0 saturated heterocycles. The van der Waals surface area contributed by atoms with Gasteiger partial charge in [-0.05, 0) is 42.8 Å². The van der Waals surface area contributed by atoms with Gasteiger partial charge in [0.15, 0.2) is 5.13 Å². The van der Waals surface area contributed by atoms with Crippen LogP contribution >= 0.6 is 11.3 Å². The van der Waals surface area contributed by atoms with Crippen LogP contribution in [0.15, 0.2) is 47.4 Å². The van der Waals surface area contributed by atoms with Crippen molar-refractivity contribution in [1.29, 1.82) is 0 Å². The molecule has 21 heavy (non-hydrogen) atoms. The van der Waals surface area contributed by atoms with E-state index in [0.717, 1.165) is 26.6 Å². The van der Waals surface area contributed by atoms with Gasteiger partial charge in [-0.1, -0.05) is 23.5 Å². The fraction of sp³-hybridized carbons (Fsp3) is 0.0714. The molecule has 108 valence electrons. The Morgan fingerprint density at radius 1 is 1.14 bits per heavy atom. The SMILES string of the molecule is Cc1cccc2sc(Nc3ccc(S(N)(=O)=O)cc3)nc12. The van der Waals surface area contributed by atoms with E-state index in [0.29, 0.717) is 0 Å². The van der Waals surface area contributed by atoms with Gasteiger partial charge in [0.2, 0.25) is 10.0 Å². The van der Waals surface area contributed by atoms with Crippen molar-refractivity contribution in [2.45, 2.75) is 11.8 Å². The second-order valence-electron chi connectivity index (χ2n) is 4.64. The molecule has 0 bridgehead atoms. The summed E-state index contributed by atoms with van der Waals surface area (Å²) in [5.41, 5.74) is 2.87. The predicted octanol–water partition coefficient (Wildman–Crippen LogP) is 3.00. The molecule has 0 radical (unpaired) electrons. The average molecular weight is 319 g/mol. The Kier molecular flexibility index (Phi) is 3.40. The molecular formula is C14H13N3O2S2. The molecule has 0 saturated carbocycles. The first-order valence-corrected chi connectivity index (χ1v) is 8.56. The molecule has 0 aliphatic carbocycles. The van der Waals surface area contributed by atoms with Gasteiger partial charge < -0.3 is 5.32 Å². The number of nitrogens with zero attached hydrogens (tertiary/aromatic N) is 1. The number of hydrogen-bond acceptors (Lipinski definition) is 5. The second kappa shape index (κ2) is 5.10. The molecule has 0 atom stereocenters. The number of nitrogens with one attached hydrogen (secondary N) is 1. The van der Waals surface area contributed by atoms with Gasteiger partial charge in [-0.15, -0.1) is 0 Å². The Bertz CT molecular complexity index is 900. The van der Waals surface area contributed by atoms with Gasteiger partial charge in [-0.25, -0.2) is 18.5 Å². The summed E-state index contributed by atoms with van der Waals surface area (Å²) in [6.07, 6.45) is 0. The maximum Gasteiger partial charge on any atom is 0.238 e. The van der Waals surface area contributed by atoms with E-state index in [1.54, 1.807) is 23.5 Å². The lowest BCUT2D eigenvalue weighted by atomic mass is 10.2. The first kappa shape index (κ1) is 14.0. The molecule has 0 unspecified atom stereocenters. The highest BCUT2D eigenvalue weighted by Gasteiger charge is 2.08. The molecule has 1 aromatic heterocycles. The van der Waals surface area contributed by atoms with E-state index in [4.69, 9.17) is 5.14 Å². The molecule has 0 aliphatic heterocycles. The fourth-order valence-corrected chi connectivity index (χ4v) is 3.47. The molecule has 5 nitrogen and oxygen atoms in total. The number of anilines is 2. The molecule has 7 heteroatoms. The minimum atomic E-state index is -3.66. The minimum Gasteiger partial charge on any atom is -0.332 e. The normalized spacial score (nSPS) is 11.7. The molecular weight excluding hydrogens is 306 g/mol. The Labute approximate surface area is 126 Å². The Hall–Kier alpha value is -1.96. The molecule has 3 N–H and O–H groups in total. The Morgan fingerprint density at radius 3 is 2.48 bits per heavy atom. The molecule has 3 aromatic rings. The van der Waals surface area contributed by atoms with Crippen LogP contribution in [0.25, 0.3) is 10.2 Å². The molecule has 0 spiro atoms. The summed E-state index contributed by atoms with van der Waals surface area (Å²) in [5.74, 6) is 0. The summed E-state index contributed by atoms with van der Waals surface area (Å²) >= 11 is 1.55. The number of fused-ring (bicyclic) bond motifs is 1. The predicted molar refractivity (Wildman–Crippen MR) is 85.5 cm³/mol. The minimum absolute atomic E-state index is 0.0909. The zero-order valence-electron chi connectivity index (χ0n) is 11.2. The van der Waals surface area contributed by atoms with Gasteiger partial charge in [0.25, 0.3) is 0 Å².